The van der Waals surface area contributed by atoms with Gasteiger partial charge >= 0.3 is 5.97 Å². The number of hydrogen-bond acceptors (Lipinski definition) is 5. The summed E-state index contributed by atoms with van der Waals surface area (Å²) in [4.78, 5) is 17.4. The van der Waals surface area contributed by atoms with Crippen molar-refractivity contribution in [1.82, 2.24) is 24.9 Å². The lowest BCUT2D eigenvalue weighted by Crippen LogP contribution is -2.38. The Morgan fingerprint density at radius 3 is 2.59 bits per heavy atom. The van der Waals surface area contributed by atoms with Gasteiger partial charge in [-0.3, -0.25) is 14.7 Å². The molecule has 1 fully saturated rings. The van der Waals surface area contributed by atoms with E-state index in [4.69, 9.17) is 0 Å². The SMILES string of the molecule is O=C(O)C1CCCN(Cc2nnn(-c3cc(F)cc(F)c3)c2-c2ccncc2)C1. The third-order valence-corrected chi connectivity index (χ3v) is 5.01. The summed E-state index contributed by atoms with van der Waals surface area (Å²) >= 11 is 0. The van der Waals surface area contributed by atoms with E-state index < -0.39 is 23.5 Å². The summed E-state index contributed by atoms with van der Waals surface area (Å²) in [5.41, 5.74) is 2.16. The Kier molecular flexibility index (Phi) is 5.30. The number of rotatable bonds is 5. The normalized spacial score (nSPS) is 17.4. The van der Waals surface area contributed by atoms with Crippen LogP contribution in [0.25, 0.3) is 16.9 Å². The van der Waals surface area contributed by atoms with E-state index in [0.717, 1.165) is 24.6 Å². The number of carboxylic acid groups (broad SMARTS) is 1. The first-order valence-electron chi connectivity index (χ1n) is 9.28. The molecule has 0 spiro atoms. The molecule has 0 radical (unpaired) electrons. The summed E-state index contributed by atoms with van der Waals surface area (Å²) in [6.45, 7) is 1.56. The van der Waals surface area contributed by atoms with Crippen LogP contribution < -0.4 is 0 Å². The van der Waals surface area contributed by atoms with Crippen LogP contribution in [0.1, 0.15) is 18.5 Å². The largest absolute Gasteiger partial charge is 0.481 e. The van der Waals surface area contributed by atoms with Crippen LogP contribution in [-0.2, 0) is 11.3 Å². The van der Waals surface area contributed by atoms with E-state index >= 15 is 0 Å². The molecule has 0 amide bonds. The number of hydrogen-bond donors (Lipinski definition) is 1. The van der Waals surface area contributed by atoms with Crippen molar-refractivity contribution in [1.29, 1.82) is 0 Å². The zero-order valence-electron chi connectivity index (χ0n) is 15.5. The van der Waals surface area contributed by atoms with E-state index in [0.29, 0.717) is 30.9 Å². The van der Waals surface area contributed by atoms with E-state index in [-0.39, 0.29) is 5.69 Å². The van der Waals surface area contributed by atoms with Crippen molar-refractivity contribution >= 4 is 5.97 Å². The van der Waals surface area contributed by atoms with Crippen molar-refractivity contribution < 1.29 is 18.7 Å². The molecule has 7 nitrogen and oxygen atoms in total. The Hall–Kier alpha value is -3.20. The fourth-order valence-corrected chi connectivity index (χ4v) is 3.67. The number of pyridine rings is 1. The van der Waals surface area contributed by atoms with Gasteiger partial charge in [0.15, 0.2) is 0 Å². The minimum absolute atomic E-state index is 0.218. The van der Waals surface area contributed by atoms with Crippen LogP contribution >= 0.6 is 0 Å². The molecular weight excluding hydrogens is 380 g/mol. The molecule has 0 saturated carbocycles. The maximum Gasteiger partial charge on any atom is 0.307 e. The van der Waals surface area contributed by atoms with Gasteiger partial charge < -0.3 is 5.11 Å². The van der Waals surface area contributed by atoms with Gasteiger partial charge in [-0.1, -0.05) is 5.21 Å². The highest BCUT2D eigenvalue weighted by atomic mass is 19.1. The predicted molar refractivity (Wildman–Crippen MR) is 100 cm³/mol. The maximum absolute atomic E-state index is 13.8. The average Bonchev–Trinajstić information content (AvgIpc) is 3.11. The number of carbonyl (C=O) groups is 1. The van der Waals surface area contributed by atoms with Gasteiger partial charge in [0, 0.05) is 37.1 Å². The first-order chi connectivity index (χ1) is 14.0. The maximum atomic E-state index is 13.8. The molecule has 4 rings (SSSR count). The number of halogens is 2. The molecule has 0 aliphatic carbocycles. The van der Waals surface area contributed by atoms with Gasteiger partial charge in [0.05, 0.1) is 17.3 Å². The van der Waals surface area contributed by atoms with Crippen molar-refractivity contribution in [2.45, 2.75) is 19.4 Å². The third-order valence-electron chi connectivity index (χ3n) is 5.01. The molecule has 1 aliphatic heterocycles. The van der Waals surface area contributed by atoms with Gasteiger partial charge in [-0.25, -0.2) is 13.5 Å². The number of piperidine rings is 1. The summed E-state index contributed by atoms with van der Waals surface area (Å²) < 4.78 is 28.9. The molecule has 150 valence electrons. The molecule has 1 N–H and O–H groups in total. The van der Waals surface area contributed by atoms with Crippen molar-refractivity contribution in [3.05, 3.63) is 60.1 Å². The minimum Gasteiger partial charge on any atom is -0.481 e. The van der Waals surface area contributed by atoms with Gasteiger partial charge in [-0.2, -0.15) is 0 Å². The fraction of sp³-hybridized carbons (Fsp3) is 0.300. The summed E-state index contributed by atoms with van der Waals surface area (Å²) in [7, 11) is 0. The van der Waals surface area contributed by atoms with Crippen LogP contribution in [0.2, 0.25) is 0 Å². The Bertz CT molecular complexity index is 1000. The molecule has 0 bridgehead atoms. The predicted octanol–water partition coefficient (Wildman–Crippen LogP) is 2.90. The van der Waals surface area contributed by atoms with Crippen LogP contribution in [-0.4, -0.2) is 49.0 Å². The highest BCUT2D eigenvalue weighted by Gasteiger charge is 2.27. The van der Waals surface area contributed by atoms with Gasteiger partial charge in [0.25, 0.3) is 0 Å². The molecule has 1 aromatic carbocycles. The number of aliphatic carboxylic acids is 1. The molecule has 3 heterocycles. The summed E-state index contributed by atoms with van der Waals surface area (Å²) in [5, 5.41) is 17.7. The number of nitrogens with zero attached hydrogens (tertiary/aromatic N) is 5. The van der Waals surface area contributed by atoms with E-state index in [1.165, 1.54) is 16.8 Å². The molecule has 2 aromatic heterocycles. The Morgan fingerprint density at radius 2 is 1.90 bits per heavy atom. The van der Waals surface area contributed by atoms with Crippen molar-refractivity contribution in [3.63, 3.8) is 0 Å². The lowest BCUT2D eigenvalue weighted by Gasteiger charge is -2.30. The molecule has 3 aromatic rings. The van der Waals surface area contributed by atoms with E-state index in [1.807, 2.05) is 4.90 Å². The monoisotopic (exact) mass is 399 g/mol. The first-order valence-corrected chi connectivity index (χ1v) is 9.28. The second kappa shape index (κ2) is 8.04. The quantitative estimate of drug-likeness (QED) is 0.710. The second-order valence-corrected chi connectivity index (χ2v) is 7.07. The van der Waals surface area contributed by atoms with E-state index in [9.17, 15) is 18.7 Å². The van der Waals surface area contributed by atoms with Crippen LogP contribution in [0.15, 0.2) is 42.7 Å². The summed E-state index contributed by atoms with van der Waals surface area (Å²) in [5.74, 6) is -2.64. The van der Waals surface area contributed by atoms with E-state index in [1.54, 1.807) is 24.5 Å². The highest BCUT2D eigenvalue weighted by molar-refractivity contribution is 5.70. The number of carboxylic acids is 1. The average molecular weight is 399 g/mol. The number of benzene rings is 1. The topological polar surface area (TPSA) is 84.1 Å². The molecule has 9 heteroatoms. The zero-order valence-corrected chi connectivity index (χ0v) is 15.5. The molecule has 1 saturated heterocycles. The molecule has 1 atom stereocenters. The van der Waals surface area contributed by atoms with E-state index in [2.05, 4.69) is 15.3 Å². The van der Waals surface area contributed by atoms with Crippen LogP contribution in [0.3, 0.4) is 0 Å². The van der Waals surface area contributed by atoms with Gasteiger partial charge in [0.2, 0.25) is 0 Å². The summed E-state index contributed by atoms with van der Waals surface area (Å²) in [6.07, 6.45) is 4.66. The Morgan fingerprint density at radius 1 is 1.17 bits per heavy atom. The van der Waals surface area contributed by atoms with Crippen molar-refractivity contribution in [2.24, 2.45) is 5.92 Å². The second-order valence-electron chi connectivity index (χ2n) is 7.07. The fourth-order valence-electron chi connectivity index (χ4n) is 3.67. The minimum atomic E-state index is -0.803. The van der Waals surface area contributed by atoms with Crippen molar-refractivity contribution in [3.8, 4) is 16.9 Å². The Labute approximate surface area is 165 Å². The van der Waals surface area contributed by atoms with Crippen LogP contribution in [0.5, 0.6) is 0 Å². The molecule has 29 heavy (non-hydrogen) atoms. The molecule has 1 unspecified atom stereocenters. The lowest BCUT2D eigenvalue weighted by molar-refractivity contribution is -0.143. The highest BCUT2D eigenvalue weighted by Crippen LogP contribution is 2.28. The van der Waals surface area contributed by atoms with Crippen LogP contribution in [0, 0.1) is 17.6 Å². The molecular formula is C20H19F2N5O2. The summed E-state index contributed by atoms with van der Waals surface area (Å²) in [6, 6.07) is 6.71. The van der Waals surface area contributed by atoms with Crippen LogP contribution in [0.4, 0.5) is 8.78 Å². The lowest BCUT2D eigenvalue weighted by atomic mass is 9.98. The molecule has 1 aliphatic rings. The first kappa shape index (κ1) is 19.1. The standard InChI is InChI=1S/C20H19F2N5O2/c21-15-8-16(22)10-17(9-15)27-19(13-3-5-23-6-4-13)18(24-25-27)12-26-7-1-2-14(11-26)20(28)29/h3-6,8-10,14H,1-2,7,11-12H2,(H,28,29). The van der Waals surface area contributed by atoms with Gasteiger partial charge in [-0.05, 0) is 43.7 Å². The van der Waals surface area contributed by atoms with Gasteiger partial charge in [0.1, 0.15) is 17.3 Å². The Balaban J connectivity index is 1.73. The van der Waals surface area contributed by atoms with Gasteiger partial charge in [-0.15, -0.1) is 5.10 Å². The number of likely N-dealkylation sites (tertiary alicyclic amines) is 1. The zero-order chi connectivity index (χ0) is 20.4. The third kappa shape index (κ3) is 4.14. The van der Waals surface area contributed by atoms with Crippen molar-refractivity contribution in [2.75, 3.05) is 13.1 Å². The number of aromatic nitrogens is 4. The smallest absolute Gasteiger partial charge is 0.307 e.